The van der Waals surface area contributed by atoms with E-state index < -0.39 is 0 Å². The van der Waals surface area contributed by atoms with Crippen LogP contribution in [-0.2, 0) is 6.42 Å². The van der Waals surface area contributed by atoms with Crippen LogP contribution in [0.2, 0.25) is 5.15 Å². The molecule has 0 aliphatic carbocycles. The Morgan fingerprint density at radius 3 is 2.10 bits per heavy atom. The lowest BCUT2D eigenvalue weighted by molar-refractivity contribution is 1.01. The fourth-order valence-corrected chi connectivity index (χ4v) is 2.42. The molecule has 3 heteroatoms. The molecule has 0 aliphatic heterocycles. The van der Waals surface area contributed by atoms with Crippen molar-refractivity contribution in [1.82, 2.24) is 9.97 Å². The van der Waals surface area contributed by atoms with E-state index in [0.29, 0.717) is 11.0 Å². The summed E-state index contributed by atoms with van der Waals surface area (Å²) in [5.74, 6) is 0.680. The van der Waals surface area contributed by atoms with Crippen molar-refractivity contribution in [2.45, 2.75) is 13.3 Å². The van der Waals surface area contributed by atoms with Gasteiger partial charge in [0.25, 0.3) is 0 Å². The molecule has 0 spiro atoms. The molecule has 3 rings (SSSR count). The van der Waals surface area contributed by atoms with Crippen LogP contribution in [-0.4, -0.2) is 9.97 Å². The fraction of sp³-hybridized carbons (Fsp3) is 0.111. The Morgan fingerprint density at radius 2 is 1.43 bits per heavy atom. The van der Waals surface area contributed by atoms with Crippen LogP contribution < -0.4 is 0 Å². The number of aromatic nitrogens is 2. The summed E-state index contributed by atoms with van der Waals surface area (Å²) in [5.41, 5.74) is 4.31. The minimum atomic E-state index is 0.490. The van der Waals surface area contributed by atoms with Crippen molar-refractivity contribution in [2.75, 3.05) is 0 Å². The van der Waals surface area contributed by atoms with Crippen LogP contribution in [0.15, 0.2) is 60.7 Å². The Labute approximate surface area is 129 Å². The Balaban J connectivity index is 1.96. The zero-order chi connectivity index (χ0) is 14.7. The number of hydrogen-bond acceptors (Lipinski definition) is 2. The molecule has 104 valence electrons. The second-order valence-corrected chi connectivity index (χ2v) is 5.19. The molecule has 21 heavy (non-hydrogen) atoms. The monoisotopic (exact) mass is 294 g/mol. The third-order valence-electron chi connectivity index (χ3n) is 3.36. The molecule has 0 saturated carbocycles. The maximum atomic E-state index is 6.05. The summed E-state index contributed by atoms with van der Waals surface area (Å²) in [7, 11) is 0. The van der Waals surface area contributed by atoms with Crippen molar-refractivity contribution in [3.05, 3.63) is 71.5 Å². The molecule has 0 unspecified atom stereocenters. The Bertz CT molecular complexity index is 737. The summed E-state index contributed by atoms with van der Waals surface area (Å²) in [6.07, 6.45) is 0.845. The van der Waals surface area contributed by atoms with Crippen molar-refractivity contribution in [3.8, 4) is 22.5 Å². The van der Waals surface area contributed by atoms with Crippen LogP contribution in [0, 0.1) is 0 Å². The molecule has 1 aromatic heterocycles. The van der Waals surface area contributed by atoms with Gasteiger partial charge in [-0.05, 0) is 23.6 Å². The van der Waals surface area contributed by atoms with Gasteiger partial charge in [-0.15, -0.1) is 0 Å². The SMILES string of the molecule is CCc1cc(Cl)nc(-c2ccc(-c3ccccc3)cc2)n1. The molecule has 0 atom stereocenters. The quantitative estimate of drug-likeness (QED) is 0.633. The van der Waals surface area contributed by atoms with Crippen molar-refractivity contribution >= 4 is 11.6 Å². The highest BCUT2D eigenvalue weighted by atomic mass is 35.5. The summed E-state index contributed by atoms with van der Waals surface area (Å²) >= 11 is 6.05. The van der Waals surface area contributed by atoms with E-state index in [1.165, 1.54) is 11.1 Å². The highest BCUT2D eigenvalue weighted by Gasteiger charge is 2.05. The first-order valence-electron chi connectivity index (χ1n) is 6.95. The van der Waals surface area contributed by atoms with Crippen molar-refractivity contribution in [1.29, 1.82) is 0 Å². The highest BCUT2D eigenvalue weighted by Crippen LogP contribution is 2.24. The lowest BCUT2D eigenvalue weighted by Crippen LogP contribution is -1.95. The number of rotatable bonds is 3. The third-order valence-corrected chi connectivity index (χ3v) is 3.55. The van der Waals surface area contributed by atoms with E-state index in [0.717, 1.165) is 17.7 Å². The number of aryl methyl sites for hydroxylation is 1. The first kappa shape index (κ1) is 13.8. The molecule has 0 aliphatic rings. The van der Waals surface area contributed by atoms with Crippen molar-refractivity contribution in [3.63, 3.8) is 0 Å². The molecule has 0 N–H and O–H groups in total. The van der Waals surface area contributed by atoms with Gasteiger partial charge in [0.2, 0.25) is 0 Å². The average Bonchev–Trinajstić information content (AvgIpc) is 2.55. The number of benzene rings is 2. The molecular formula is C18H15ClN2. The van der Waals surface area contributed by atoms with Crippen molar-refractivity contribution < 1.29 is 0 Å². The van der Waals surface area contributed by atoms with Gasteiger partial charge >= 0.3 is 0 Å². The van der Waals surface area contributed by atoms with Gasteiger partial charge in [-0.25, -0.2) is 9.97 Å². The fourth-order valence-electron chi connectivity index (χ4n) is 2.22. The molecular weight excluding hydrogens is 280 g/mol. The average molecular weight is 295 g/mol. The van der Waals surface area contributed by atoms with Gasteiger partial charge in [0, 0.05) is 11.3 Å². The zero-order valence-corrected chi connectivity index (χ0v) is 12.5. The predicted molar refractivity (Wildman–Crippen MR) is 87.3 cm³/mol. The molecule has 0 radical (unpaired) electrons. The molecule has 2 nitrogen and oxygen atoms in total. The number of halogens is 1. The Hall–Kier alpha value is -2.19. The predicted octanol–water partition coefficient (Wildman–Crippen LogP) is 5.03. The van der Waals surface area contributed by atoms with Gasteiger partial charge in [-0.3, -0.25) is 0 Å². The molecule has 2 aromatic carbocycles. The van der Waals surface area contributed by atoms with Crippen LogP contribution in [0.4, 0.5) is 0 Å². The first-order chi connectivity index (χ1) is 10.3. The standard InChI is InChI=1S/C18H15ClN2/c1-2-16-12-17(19)21-18(20-16)15-10-8-14(9-11-15)13-6-4-3-5-7-13/h3-12H,2H2,1H3. The van der Waals surface area contributed by atoms with Gasteiger partial charge in [0.05, 0.1) is 0 Å². The summed E-state index contributed by atoms with van der Waals surface area (Å²) in [4.78, 5) is 8.84. The molecule has 0 bridgehead atoms. The summed E-state index contributed by atoms with van der Waals surface area (Å²) in [5, 5.41) is 0.490. The Kier molecular flexibility index (Phi) is 3.98. The normalized spacial score (nSPS) is 10.6. The molecule has 0 fully saturated rings. The van der Waals surface area contributed by atoms with E-state index in [1.54, 1.807) is 0 Å². The smallest absolute Gasteiger partial charge is 0.161 e. The number of nitrogens with zero attached hydrogens (tertiary/aromatic N) is 2. The van der Waals surface area contributed by atoms with Gasteiger partial charge in [0.15, 0.2) is 5.82 Å². The van der Waals surface area contributed by atoms with E-state index in [2.05, 4.69) is 41.2 Å². The van der Waals surface area contributed by atoms with Crippen LogP contribution in [0.25, 0.3) is 22.5 Å². The molecule has 3 aromatic rings. The zero-order valence-electron chi connectivity index (χ0n) is 11.8. The molecule has 0 saturated heterocycles. The third kappa shape index (κ3) is 3.11. The van der Waals surface area contributed by atoms with Gasteiger partial charge in [-0.1, -0.05) is 73.1 Å². The van der Waals surface area contributed by atoms with E-state index >= 15 is 0 Å². The number of hydrogen-bond donors (Lipinski definition) is 0. The van der Waals surface area contributed by atoms with Crippen LogP contribution in [0.3, 0.4) is 0 Å². The van der Waals surface area contributed by atoms with Crippen LogP contribution >= 0.6 is 11.6 Å². The maximum absolute atomic E-state index is 6.05. The van der Waals surface area contributed by atoms with Crippen molar-refractivity contribution in [2.24, 2.45) is 0 Å². The first-order valence-corrected chi connectivity index (χ1v) is 7.33. The summed E-state index contributed by atoms with van der Waals surface area (Å²) in [6, 6.07) is 20.3. The topological polar surface area (TPSA) is 25.8 Å². The molecule has 0 amide bonds. The lowest BCUT2D eigenvalue weighted by Gasteiger charge is -2.06. The maximum Gasteiger partial charge on any atom is 0.161 e. The van der Waals surface area contributed by atoms with E-state index in [1.807, 2.05) is 36.4 Å². The largest absolute Gasteiger partial charge is 0.233 e. The lowest BCUT2D eigenvalue weighted by atomic mass is 10.0. The van der Waals surface area contributed by atoms with Crippen LogP contribution in [0.5, 0.6) is 0 Å². The summed E-state index contributed by atoms with van der Waals surface area (Å²) < 4.78 is 0. The van der Waals surface area contributed by atoms with Gasteiger partial charge in [-0.2, -0.15) is 0 Å². The second kappa shape index (κ2) is 6.06. The van der Waals surface area contributed by atoms with E-state index in [9.17, 15) is 0 Å². The Morgan fingerprint density at radius 1 is 0.810 bits per heavy atom. The van der Waals surface area contributed by atoms with Gasteiger partial charge < -0.3 is 0 Å². The van der Waals surface area contributed by atoms with Gasteiger partial charge in [0.1, 0.15) is 5.15 Å². The summed E-state index contributed by atoms with van der Waals surface area (Å²) in [6.45, 7) is 2.06. The molecule has 1 heterocycles. The minimum absolute atomic E-state index is 0.490. The second-order valence-electron chi connectivity index (χ2n) is 4.80. The van der Waals surface area contributed by atoms with E-state index in [4.69, 9.17) is 11.6 Å². The van der Waals surface area contributed by atoms with Crippen LogP contribution in [0.1, 0.15) is 12.6 Å². The van der Waals surface area contributed by atoms with E-state index in [-0.39, 0.29) is 0 Å². The highest BCUT2D eigenvalue weighted by molar-refractivity contribution is 6.29. The minimum Gasteiger partial charge on any atom is -0.233 e.